The molecular weight excluding hydrogens is 412 g/mol. The standard InChI is InChI=1S/C21H30O8S/c1-19-7-5-13(23)9-12(19)3-4-14-15-6-8-21(25,17(24)11-22)20(15,2)10-16(18(14)19)29-30(26,27)28/h9,14-16,18,22,25H,3-8,10-11H2,1-2H3,(H,26,27,28)/p-1/t14-,15-,16-,18+,19-,20-,21-/m0/s1. The van der Waals surface area contributed by atoms with E-state index >= 15 is 0 Å². The normalized spacial score (nSPS) is 45.9. The number of hydrogen-bond donors (Lipinski definition) is 2. The minimum Gasteiger partial charge on any atom is -0.726 e. The summed E-state index contributed by atoms with van der Waals surface area (Å²) in [6, 6.07) is 0. The number of hydrogen-bond acceptors (Lipinski definition) is 8. The van der Waals surface area contributed by atoms with Crippen molar-refractivity contribution in [3.8, 4) is 0 Å². The topological polar surface area (TPSA) is 141 Å². The highest BCUT2D eigenvalue weighted by Crippen LogP contribution is 2.68. The van der Waals surface area contributed by atoms with E-state index in [0.29, 0.717) is 32.1 Å². The van der Waals surface area contributed by atoms with Gasteiger partial charge >= 0.3 is 0 Å². The van der Waals surface area contributed by atoms with E-state index in [0.717, 1.165) is 5.57 Å². The summed E-state index contributed by atoms with van der Waals surface area (Å²) in [6.45, 7) is 2.96. The molecule has 0 aromatic heterocycles. The van der Waals surface area contributed by atoms with E-state index in [1.54, 1.807) is 13.0 Å². The van der Waals surface area contributed by atoms with Crippen LogP contribution in [0.3, 0.4) is 0 Å². The summed E-state index contributed by atoms with van der Waals surface area (Å²) >= 11 is 0. The smallest absolute Gasteiger partial charge is 0.217 e. The number of Topliss-reactive ketones (excluding diaryl/α,β-unsaturated/α-hetero) is 1. The number of rotatable bonds is 4. The van der Waals surface area contributed by atoms with Crippen molar-refractivity contribution in [2.75, 3.05) is 6.61 Å². The Labute approximate surface area is 176 Å². The van der Waals surface area contributed by atoms with Gasteiger partial charge in [-0.25, -0.2) is 8.42 Å². The Morgan fingerprint density at radius 1 is 1.27 bits per heavy atom. The number of carbonyl (C=O) groups is 2. The molecule has 30 heavy (non-hydrogen) atoms. The zero-order chi connectivity index (χ0) is 22.1. The van der Waals surface area contributed by atoms with E-state index in [1.165, 1.54) is 0 Å². The molecule has 168 valence electrons. The number of aliphatic hydroxyl groups is 2. The van der Waals surface area contributed by atoms with Gasteiger partial charge in [0.05, 0.1) is 6.10 Å². The van der Waals surface area contributed by atoms with E-state index in [9.17, 15) is 32.8 Å². The Morgan fingerprint density at radius 3 is 2.60 bits per heavy atom. The van der Waals surface area contributed by atoms with E-state index in [2.05, 4.69) is 0 Å². The summed E-state index contributed by atoms with van der Waals surface area (Å²) in [7, 11) is -5.02. The minimum absolute atomic E-state index is 0.0271. The van der Waals surface area contributed by atoms with Gasteiger partial charge in [0.25, 0.3) is 0 Å². The molecule has 0 radical (unpaired) electrons. The van der Waals surface area contributed by atoms with Crippen molar-refractivity contribution in [2.45, 2.75) is 70.5 Å². The Bertz CT molecular complexity index is 910. The molecule has 0 aromatic rings. The van der Waals surface area contributed by atoms with Crippen molar-refractivity contribution >= 4 is 22.0 Å². The van der Waals surface area contributed by atoms with Gasteiger partial charge in [0, 0.05) is 11.8 Å². The number of allylic oxidation sites excluding steroid dienone is 1. The predicted octanol–water partition coefficient (Wildman–Crippen LogP) is 1.27. The molecule has 4 aliphatic rings. The lowest BCUT2D eigenvalue weighted by molar-refractivity contribution is -0.179. The lowest BCUT2D eigenvalue weighted by Crippen LogP contribution is -2.62. The van der Waals surface area contributed by atoms with E-state index in [-0.39, 0.29) is 36.4 Å². The maximum absolute atomic E-state index is 12.5. The Balaban J connectivity index is 1.82. The lowest BCUT2D eigenvalue weighted by atomic mass is 9.45. The molecule has 4 aliphatic carbocycles. The van der Waals surface area contributed by atoms with Crippen LogP contribution in [0.15, 0.2) is 11.6 Å². The molecule has 3 saturated carbocycles. The average Bonchev–Trinajstić information content (AvgIpc) is 2.92. The third-order valence-electron chi connectivity index (χ3n) is 8.87. The second-order valence-electron chi connectivity index (χ2n) is 10.0. The van der Waals surface area contributed by atoms with Crippen molar-refractivity contribution in [2.24, 2.45) is 28.6 Å². The molecule has 0 bridgehead atoms. The molecule has 2 N–H and O–H groups in total. The number of ketones is 2. The first-order valence-electron chi connectivity index (χ1n) is 10.6. The largest absolute Gasteiger partial charge is 0.726 e. The highest BCUT2D eigenvalue weighted by molar-refractivity contribution is 7.80. The van der Waals surface area contributed by atoms with Gasteiger partial charge in [-0.2, -0.15) is 0 Å². The van der Waals surface area contributed by atoms with Crippen LogP contribution in [0.25, 0.3) is 0 Å². The Kier molecular flexibility index (Phi) is 5.10. The maximum Gasteiger partial charge on any atom is 0.217 e. The van der Waals surface area contributed by atoms with Gasteiger partial charge in [-0.15, -0.1) is 0 Å². The second kappa shape index (κ2) is 6.93. The van der Waals surface area contributed by atoms with E-state index < -0.39 is 45.3 Å². The monoisotopic (exact) mass is 441 g/mol. The molecule has 0 amide bonds. The van der Waals surface area contributed by atoms with E-state index in [4.69, 9.17) is 4.18 Å². The summed E-state index contributed by atoms with van der Waals surface area (Å²) in [5.41, 5.74) is -2.30. The van der Waals surface area contributed by atoms with Crippen LogP contribution in [0, 0.1) is 28.6 Å². The number of aliphatic hydroxyl groups excluding tert-OH is 1. The molecule has 0 spiro atoms. The van der Waals surface area contributed by atoms with Crippen molar-refractivity contribution in [3.63, 3.8) is 0 Å². The van der Waals surface area contributed by atoms with Crippen molar-refractivity contribution in [3.05, 3.63) is 11.6 Å². The lowest BCUT2D eigenvalue weighted by Gasteiger charge is -2.61. The van der Waals surface area contributed by atoms with Crippen molar-refractivity contribution in [1.29, 1.82) is 0 Å². The van der Waals surface area contributed by atoms with Gasteiger partial charge in [-0.3, -0.25) is 13.8 Å². The maximum atomic E-state index is 12.5. The van der Waals surface area contributed by atoms with Crippen LogP contribution in [-0.4, -0.2) is 53.1 Å². The fraction of sp³-hybridized carbons (Fsp3) is 0.810. The summed E-state index contributed by atoms with van der Waals surface area (Å²) in [4.78, 5) is 24.5. The number of fused-ring (bicyclic) bond motifs is 5. The van der Waals surface area contributed by atoms with Crippen LogP contribution in [0.5, 0.6) is 0 Å². The first-order valence-corrected chi connectivity index (χ1v) is 11.9. The Morgan fingerprint density at radius 2 is 1.97 bits per heavy atom. The summed E-state index contributed by atoms with van der Waals surface area (Å²) in [5, 5.41) is 20.7. The van der Waals surface area contributed by atoms with Gasteiger partial charge in [-0.05, 0) is 67.8 Å². The third kappa shape index (κ3) is 3.04. The van der Waals surface area contributed by atoms with E-state index in [1.807, 2.05) is 6.92 Å². The molecule has 3 fully saturated rings. The fourth-order valence-corrected chi connectivity index (χ4v) is 7.98. The molecule has 0 aromatic carbocycles. The van der Waals surface area contributed by atoms with Gasteiger partial charge < -0.3 is 14.8 Å². The first kappa shape index (κ1) is 22.1. The SMILES string of the molecule is C[C@]12CCC(=O)C=C1CC[C@@H]1[C@@H]2[C@@H](OS(=O)(=O)[O-])C[C@@]2(C)[C@H]1CC[C@]2(O)C(=O)CO. The van der Waals surface area contributed by atoms with Crippen LogP contribution < -0.4 is 0 Å². The molecular formula is C21H29O8S-. The molecule has 7 atom stereocenters. The van der Waals surface area contributed by atoms with Crippen LogP contribution in [0.1, 0.15) is 58.8 Å². The average molecular weight is 442 g/mol. The zero-order valence-electron chi connectivity index (χ0n) is 17.3. The highest BCUT2D eigenvalue weighted by atomic mass is 32.3. The van der Waals surface area contributed by atoms with Gasteiger partial charge in [0.1, 0.15) is 12.2 Å². The molecule has 0 aliphatic heterocycles. The molecule has 9 heteroatoms. The summed E-state index contributed by atoms with van der Waals surface area (Å²) in [5.74, 6) is -1.07. The second-order valence-corrected chi connectivity index (χ2v) is 11.0. The van der Waals surface area contributed by atoms with Crippen LogP contribution in [0.2, 0.25) is 0 Å². The van der Waals surface area contributed by atoms with Crippen LogP contribution in [0.4, 0.5) is 0 Å². The van der Waals surface area contributed by atoms with Crippen LogP contribution in [-0.2, 0) is 24.2 Å². The number of carbonyl (C=O) groups excluding carboxylic acids is 2. The van der Waals surface area contributed by atoms with Gasteiger partial charge in [0.15, 0.2) is 11.6 Å². The fourth-order valence-electron chi connectivity index (χ4n) is 7.49. The van der Waals surface area contributed by atoms with Gasteiger partial charge in [-0.1, -0.05) is 19.4 Å². The molecule has 0 saturated heterocycles. The molecule has 8 nitrogen and oxygen atoms in total. The predicted molar refractivity (Wildman–Crippen MR) is 104 cm³/mol. The third-order valence-corrected chi connectivity index (χ3v) is 9.36. The molecule has 0 unspecified atom stereocenters. The Hall–Kier alpha value is -1.13. The minimum atomic E-state index is -5.02. The molecule has 4 rings (SSSR count). The quantitative estimate of drug-likeness (QED) is 0.491. The summed E-state index contributed by atoms with van der Waals surface area (Å²) < 4.78 is 40.0. The van der Waals surface area contributed by atoms with Crippen LogP contribution >= 0.6 is 0 Å². The van der Waals surface area contributed by atoms with Crippen molar-refractivity contribution in [1.82, 2.24) is 0 Å². The highest BCUT2D eigenvalue weighted by Gasteiger charge is 2.68. The first-order chi connectivity index (χ1) is 13.9. The summed E-state index contributed by atoms with van der Waals surface area (Å²) in [6.07, 6.45) is 3.71. The zero-order valence-corrected chi connectivity index (χ0v) is 18.1. The van der Waals surface area contributed by atoms with Gasteiger partial charge in [0.2, 0.25) is 10.4 Å². The molecule has 0 heterocycles. The van der Waals surface area contributed by atoms with Crippen molar-refractivity contribution < 1.29 is 37.0 Å².